The first kappa shape index (κ1) is 25.4. The van der Waals surface area contributed by atoms with Gasteiger partial charge in [-0.15, -0.1) is 0 Å². The Labute approximate surface area is 241 Å². The standard InChI is InChI=1S/C32H27N5O3S/c38-31-16-25(37-9-11-39-12-10-37)15-27(36-31)26-4-1-5-29-32(26)40-28-7-6-24(14-30(28)41-29)35-18-21-13-23(20-34-17-21)22-3-2-8-33-19-22/h1-8,13-17,19-20,35H,9-12,18H2,(H,36,38). The van der Waals surface area contributed by atoms with Crippen molar-refractivity contribution in [3.8, 4) is 33.9 Å². The molecule has 8 nitrogen and oxygen atoms in total. The van der Waals surface area contributed by atoms with Crippen LogP contribution in [0.1, 0.15) is 5.56 Å². The Morgan fingerprint density at radius 3 is 2.68 bits per heavy atom. The van der Waals surface area contributed by atoms with Crippen molar-refractivity contribution in [2.24, 2.45) is 0 Å². The van der Waals surface area contributed by atoms with Gasteiger partial charge in [-0.2, -0.15) is 0 Å². The number of aromatic nitrogens is 3. The molecule has 2 N–H and O–H groups in total. The average Bonchev–Trinajstić information content (AvgIpc) is 3.03. The normalized spacial score (nSPS) is 14.1. The molecule has 0 bridgehead atoms. The zero-order valence-electron chi connectivity index (χ0n) is 22.2. The predicted octanol–water partition coefficient (Wildman–Crippen LogP) is 6.20. The van der Waals surface area contributed by atoms with Crippen LogP contribution in [0.5, 0.6) is 11.5 Å². The Hall–Kier alpha value is -4.60. The summed E-state index contributed by atoms with van der Waals surface area (Å²) in [4.78, 5) is 28.5. The molecular formula is C32H27N5O3S. The molecule has 41 heavy (non-hydrogen) atoms. The van der Waals surface area contributed by atoms with Crippen molar-refractivity contribution < 1.29 is 9.47 Å². The second-order valence-electron chi connectivity index (χ2n) is 9.89. The van der Waals surface area contributed by atoms with E-state index in [0.29, 0.717) is 19.8 Å². The lowest BCUT2D eigenvalue weighted by molar-refractivity contribution is 0.122. The molecule has 2 aliphatic heterocycles. The van der Waals surface area contributed by atoms with Crippen LogP contribution in [-0.2, 0) is 11.3 Å². The lowest BCUT2D eigenvalue weighted by atomic mass is 10.1. The number of aromatic amines is 1. The summed E-state index contributed by atoms with van der Waals surface area (Å²) in [7, 11) is 0. The van der Waals surface area contributed by atoms with Gasteiger partial charge >= 0.3 is 0 Å². The summed E-state index contributed by atoms with van der Waals surface area (Å²) in [5.41, 5.74) is 6.50. The molecule has 0 atom stereocenters. The van der Waals surface area contributed by atoms with E-state index < -0.39 is 0 Å². The Balaban J connectivity index is 1.11. The van der Waals surface area contributed by atoms with Crippen LogP contribution in [0.3, 0.4) is 0 Å². The van der Waals surface area contributed by atoms with Crippen LogP contribution in [0, 0.1) is 0 Å². The van der Waals surface area contributed by atoms with Gasteiger partial charge in [-0.1, -0.05) is 23.9 Å². The highest BCUT2D eigenvalue weighted by Gasteiger charge is 2.23. The van der Waals surface area contributed by atoms with Crippen LogP contribution in [0.25, 0.3) is 22.4 Å². The van der Waals surface area contributed by atoms with E-state index in [4.69, 9.17) is 9.47 Å². The Morgan fingerprint density at radius 1 is 0.902 bits per heavy atom. The fourth-order valence-electron chi connectivity index (χ4n) is 5.08. The maximum absolute atomic E-state index is 12.6. The third kappa shape index (κ3) is 5.41. The van der Waals surface area contributed by atoms with Crippen molar-refractivity contribution in [1.82, 2.24) is 15.0 Å². The summed E-state index contributed by atoms with van der Waals surface area (Å²) >= 11 is 1.66. The van der Waals surface area contributed by atoms with Gasteiger partial charge < -0.3 is 24.7 Å². The summed E-state index contributed by atoms with van der Waals surface area (Å²) < 4.78 is 11.9. The number of benzene rings is 2. The van der Waals surface area contributed by atoms with Gasteiger partial charge in [-0.3, -0.25) is 14.8 Å². The average molecular weight is 562 g/mol. The Bertz CT molecular complexity index is 1770. The molecule has 2 aromatic carbocycles. The molecule has 1 saturated heterocycles. The van der Waals surface area contributed by atoms with Crippen molar-refractivity contribution in [3.63, 3.8) is 0 Å². The molecule has 2 aliphatic rings. The third-order valence-corrected chi connectivity index (χ3v) is 8.22. The first-order valence-corrected chi connectivity index (χ1v) is 14.3. The van der Waals surface area contributed by atoms with Crippen LogP contribution in [0.4, 0.5) is 11.4 Å². The quantitative estimate of drug-likeness (QED) is 0.248. The van der Waals surface area contributed by atoms with E-state index in [1.54, 1.807) is 24.0 Å². The number of hydrogen-bond acceptors (Lipinski definition) is 8. The first-order chi connectivity index (χ1) is 20.2. The van der Waals surface area contributed by atoms with Gasteiger partial charge in [0.25, 0.3) is 0 Å². The highest BCUT2D eigenvalue weighted by Crippen LogP contribution is 2.51. The number of hydrogen-bond donors (Lipinski definition) is 2. The fourth-order valence-corrected chi connectivity index (χ4v) is 6.11. The summed E-state index contributed by atoms with van der Waals surface area (Å²) in [6, 6.07) is 21.9. The van der Waals surface area contributed by atoms with Crippen LogP contribution in [0.15, 0.2) is 106 Å². The molecule has 9 heteroatoms. The summed E-state index contributed by atoms with van der Waals surface area (Å²) in [5.74, 6) is 1.53. The van der Waals surface area contributed by atoms with E-state index in [0.717, 1.165) is 73.7 Å². The lowest BCUT2D eigenvalue weighted by Crippen LogP contribution is -2.36. The smallest absolute Gasteiger partial charge is 0.250 e. The zero-order chi connectivity index (χ0) is 27.6. The van der Waals surface area contributed by atoms with Gasteiger partial charge in [0, 0.05) is 78.6 Å². The fraction of sp³-hybridized carbons (Fsp3) is 0.156. The van der Waals surface area contributed by atoms with E-state index in [2.05, 4.69) is 37.3 Å². The minimum absolute atomic E-state index is 0.137. The van der Waals surface area contributed by atoms with E-state index in [1.165, 1.54) is 0 Å². The van der Waals surface area contributed by atoms with E-state index in [1.807, 2.05) is 67.1 Å². The third-order valence-electron chi connectivity index (χ3n) is 7.14. The van der Waals surface area contributed by atoms with Crippen molar-refractivity contribution >= 4 is 23.1 Å². The SMILES string of the molecule is O=c1cc(N2CCOCC2)cc(-c2cccc3c2Oc2ccc(NCc4cncc(-c5cccnc5)c4)cc2S3)[nH]1. The minimum Gasteiger partial charge on any atom is -0.454 e. The molecule has 0 radical (unpaired) electrons. The number of para-hydroxylation sites is 1. The summed E-state index contributed by atoms with van der Waals surface area (Å²) in [5, 5.41) is 3.52. The molecule has 3 aromatic heterocycles. The summed E-state index contributed by atoms with van der Waals surface area (Å²) in [6.45, 7) is 3.48. The molecule has 1 fully saturated rings. The number of morpholine rings is 1. The topological polar surface area (TPSA) is 92.4 Å². The van der Waals surface area contributed by atoms with Gasteiger partial charge in [0.15, 0.2) is 5.75 Å². The van der Waals surface area contributed by atoms with Gasteiger partial charge in [-0.05, 0) is 54.1 Å². The van der Waals surface area contributed by atoms with Gasteiger partial charge in [0.05, 0.1) is 28.7 Å². The zero-order valence-corrected chi connectivity index (χ0v) is 23.0. The first-order valence-electron chi connectivity index (χ1n) is 13.5. The number of nitrogens with zero attached hydrogens (tertiary/aromatic N) is 3. The molecule has 0 aliphatic carbocycles. The van der Waals surface area contributed by atoms with Gasteiger partial charge in [0.1, 0.15) is 5.75 Å². The number of rotatable bonds is 6. The van der Waals surface area contributed by atoms with Crippen molar-refractivity contribution in [2.75, 3.05) is 36.5 Å². The number of pyridine rings is 3. The maximum Gasteiger partial charge on any atom is 0.250 e. The maximum atomic E-state index is 12.6. The predicted molar refractivity (Wildman–Crippen MR) is 161 cm³/mol. The second-order valence-corrected chi connectivity index (χ2v) is 11.0. The number of fused-ring (bicyclic) bond motifs is 2. The minimum atomic E-state index is -0.137. The second kappa shape index (κ2) is 11.1. The summed E-state index contributed by atoms with van der Waals surface area (Å²) in [6.07, 6.45) is 7.34. The molecule has 0 spiro atoms. The highest BCUT2D eigenvalue weighted by atomic mass is 32.2. The van der Waals surface area contributed by atoms with Crippen molar-refractivity contribution in [1.29, 1.82) is 0 Å². The largest absolute Gasteiger partial charge is 0.454 e. The van der Waals surface area contributed by atoms with Crippen LogP contribution < -0.4 is 20.5 Å². The highest BCUT2D eigenvalue weighted by molar-refractivity contribution is 7.99. The van der Waals surface area contributed by atoms with Gasteiger partial charge in [0.2, 0.25) is 5.56 Å². The number of H-pyrrole nitrogens is 1. The number of ether oxygens (including phenoxy) is 2. The van der Waals surface area contributed by atoms with E-state index in [-0.39, 0.29) is 5.56 Å². The molecule has 0 amide bonds. The number of nitrogens with one attached hydrogen (secondary N) is 2. The Kier molecular flexibility index (Phi) is 6.88. The molecular weight excluding hydrogens is 534 g/mol. The molecule has 5 heterocycles. The van der Waals surface area contributed by atoms with E-state index in [9.17, 15) is 4.79 Å². The van der Waals surface area contributed by atoms with Crippen molar-refractivity contribution in [2.45, 2.75) is 16.3 Å². The Morgan fingerprint density at radius 2 is 1.80 bits per heavy atom. The number of anilines is 2. The molecule has 5 aromatic rings. The molecule has 0 saturated carbocycles. The van der Waals surface area contributed by atoms with Crippen LogP contribution >= 0.6 is 11.8 Å². The lowest BCUT2D eigenvalue weighted by Gasteiger charge is -2.29. The molecule has 7 rings (SSSR count). The molecule has 0 unspecified atom stereocenters. The monoisotopic (exact) mass is 561 g/mol. The molecule has 204 valence electrons. The van der Waals surface area contributed by atoms with Crippen LogP contribution in [-0.4, -0.2) is 41.3 Å². The van der Waals surface area contributed by atoms with Gasteiger partial charge in [-0.25, -0.2) is 0 Å². The van der Waals surface area contributed by atoms with E-state index >= 15 is 0 Å². The van der Waals surface area contributed by atoms with Crippen molar-refractivity contribution in [3.05, 3.63) is 107 Å². The van der Waals surface area contributed by atoms with Crippen LogP contribution in [0.2, 0.25) is 0 Å².